The summed E-state index contributed by atoms with van der Waals surface area (Å²) in [4.78, 5) is 15.5. The highest BCUT2D eigenvalue weighted by atomic mass is 32.1. The smallest absolute Gasteiger partial charge is 0.238 e. The third kappa shape index (κ3) is 3.66. The van der Waals surface area contributed by atoms with Gasteiger partial charge >= 0.3 is 0 Å². The molecular weight excluding hydrogens is 593 g/mol. The molecule has 1 aliphatic carbocycles. The second kappa shape index (κ2) is 9.68. The third-order valence-corrected chi connectivity index (χ3v) is 11.0. The maximum atomic E-state index is 5.25. The van der Waals surface area contributed by atoms with Crippen molar-refractivity contribution in [3.8, 4) is 39.9 Å². The summed E-state index contributed by atoms with van der Waals surface area (Å²) in [5.74, 6) is 1.92. The molecule has 3 heterocycles. The molecule has 10 rings (SSSR count). The van der Waals surface area contributed by atoms with E-state index in [0.29, 0.717) is 17.6 Å². The fraction of sp³-hybridized carbons (Fsp3) is 0.0714. The van der Waals surface area contributed by atoms with E-state index in [0.717, 1.165) is 22.2 Å². The van der Waals surface area contributed by atoms with E-state index in [1.807, 2.05) is 47.7 Å². The summed E-state index contributed by atoms with van der Waals surface area (Å²) < 4.78 is 4.92. The van der Waals surface area contributed by atoms with Gasteiger partial charge in [0.1, 0.15) is 0 Å². The molecule has 47 heavy (non-hydrogen) atoms. The van der Waals surface area contributed by atoms with E-state index in [1.165, 1.54) is 53.2 Å². The SMILES string of the molecule is CC1(C)c2ccccc2-c2c1c1sc3ccccc3c1c1c2c2ccccc2n1-c1nc(-c2ccccc2)nc(-c2ccccc2)n1. The zero-order valence-electron chi connectivity index (χ0n) is 25.9. The Hall–Kier alpha value is -5.65. The van der Waals surface area contributed by atoms with E-state index in [2.05, 4.69) is 115 Å². The molecular formula is C42H28N4S. The van der Waals surface area contributed by atoms with E-state index in [-0.39, 0.29) is 5.41 Å². The van der Waals surface area contributed by atoms with E-state index < -0.39 is 0 Å². The second-order valence-electron chi connectivity index (χ2n) is 12.8. The number of thiophene rings is 1. The summed E-state index contributed by atoms with van der Waals surface area (Å²) in [6.45, 7) is 4.77. The molecule has 0 saturated carbocycles. The summed E-state index contributed by atoms with van der Waals surface area (Å²) in [6, 6.07) is 47.0. The van der Waals surface area contributed by atoms with E-state index in [9.17, 15) is 0 Å². The molecule has 222 valence electrons. The largest absolute Gasteiger partial charge is 0.277 e. The third-order valence-electron chi connectivity index (χ3n) is 9.82. The molecule has 0 saturated heterocycles. The molecule has 4 nitrogen and oxygen atoms in total. The van der Waals surface area contributed by atoms with Crippen LogP contribution >= 0.6 is 11.3 Å². The highest BCUT2D eigenvalue weighted by Crippen LogP contribution is 2.58. The monoisotopic (exact) mass is 620 g/mol. The summed E-state index contributed by atoms with van der Waals surface area (Å²) in [7, 11) is 0. The minimum Gasteiger partial charge on any atom is -0.277 e. The molecule has 5 heteroatoms. The fourth-order valence-electron chi connectivity index (χ4n) is 7.78. The Kier molecular flexibility index (Phi) is 5.47. The van der Waals surface area contributed by atoms with Crippen molar-refractivity contribution in [2.75, 3.05) is 0 Å². The van der Waals surface area contributed by atoms with Crippen LogP contribution < -0.4 is 0 Å². The van der Waals surface area contributed by atoms with Crippen molar-refractivity contribution in [2.24, 2.45) is 0 Å². The number of rotatable bonds is 3. The van der Waals surface area contributed by atoms with Crippen LogP contribution in [0.2, 0.25) is 0 Å². The molecule has 0 N–H and O–H groups in total. The van der Waals surface area contributed by atoms with Crippen molar-refractivity contribution < 1.29 is 0 Å². The molecule has 0 radical (unpaired) electrons. The predicted molar refractivity (Wildman–Crippen MR) is 195 cm³/mol. The molecule has 0 unspecified atom stereocenters. The van der Waals surface area contributed by atoms with Crippen LogP contribution in [0.4, 0.5) is 0 Å². The van der Waals surface area contributed by atoms with Crippen molar-refractivity contribution in [1.82, 2.24) is 19.5 Å². The first-order valence-corrected chi connectivity index (χ1v) is 16.8. The van der Waals surface area contributed by atoms with Crippen LogP contribution in [0.25, 0.3) is 81.8 Å². The van der Waals surface area contributed by atoms with Crippen LogP contribution in [-0.4, -0.2) is 19.5 Å². The Morgan fingerprint density at radius 2 is 1.17 bits per heavy atom. The number of hydrogen-bond donors (Lipinski definition) is 0. The minimum atomic E-state index is -0.156. The quantitative estimate of drug-likeness (QED) is 0.197. The van der Waals surface area contributed by atoms with E-state index >= 15 is 0 Å². The molecule has 0 fully saturated rings. The lowest BCUT2D eigenvalue weighted by atomic mass is 9.81. The van der Waals surface area contributed by atoms with Crippen LogP contribution in [-0.2, 0) is 5.41 Å². The van der Waals surface area contributed by atoms with Crippen molar-refractivity contribution in [3.05, 3.63) is 145 Å². The Balaban J connectivity index is 1.44. The predicted octanol–water partition coefficient (Wildman–Crippen LogP) is 11.0. The average Bonchev–Trinajstić information content (AvgIpc) is 3.75. The van der Waals surface area contributed by atoms with Crippen LogP contribution in [0.1, 0.15) is 25.0 Å². The van der Waals surface area contributed by atoms with Crippen LogP contribution in [0.15, 0.2) is 133 Å². The lowest BCUT2D eigenvalue weighted by Gasteiger charge is -2.22. The van der Waals surface area contributed by atoms with Crippen LogP contribution in [0, 0.1) is 0 Å². The van der Waals surface area contributed by atoms with E-state index in [1.54, 1.807) is 0 Å². The summed E-state index contributed by atoms with van der Waals surface area (Å²) >= 11 is 1.90. The highest BCUT2D eigenvalue weighted by molar-refractivity contribution is 7.26. The van der Waals surface area contributed by atoms with Gasteiger partial charge in [-0.2, -0.15) is 9.97 Å². The first-order valence-electron chi connectivity index (χ1n) is 16.0. The van der Waals surface area contributed by atoms with Gasteiger partial charge in [0.25, 0.3) is 0 Å². The van der Waals surface area contributed by atoms with Crippen LogP contribution in [0.3, 0.4) is 0 Å². The Morgan fingerprint density at radius 1 is 0.574 bits per heavy atom. The van der Waals surface area contributed by atoms with Crippen molar-refractivity contribution in [3.63, 3.8) is 0 Å². The average molecular weight is 621 g/mol. The first-order chi connectivity index (χ1) is 23.1. The lowest BCUT2D eigenvalue weighted by Crippen LogP contribution is -2.15. The molecule has 0 aliphatic heterocycles. The van der Waals surface area contributed by atoms with Gasteiger partial charge in [-0.3, -0.25) is 4.57 Å². The number of hydrogen-bond acceptors (Lipinski definition) is 4. The van der Waals surface area contributed by atoms with Gasteiger partial charge < -0.3 is 0 Å². The number of aromatic nitrogens is 4. The van der Waals surface area contributed by atoms with Gasteiger partial charge in [-0.25, -0.2) is 4.98 Å². The standard InChI is InChI=1S/C42H28N4S/c1-42(2)30-22-12-9-19-27(30)33-34-28-20-10-13-23-31(28)46(37(34)35-29-21-11-14-24-32(29)47-38(35)36(33)42)41-44-39(25-15-5-3-6-16-25)43-40(45-41)26-17-7-4-8-18-26/h3-24H,1-2H3. The van der Waals surface area contributed by atoms with Gasteiger partial charge in [-0.1, -0.05) is 135 Å². The maximum Gasteiger partial charge on any atom is 0.238 e. The van der Waals surface area contributed by atoms with Gasteiger partial charge in [0.15, 0.2) is 11.6 Å². The Labute approximate surface area is 275 Å². The van der Waals surface area contributed by atoms with Crippen molar-refractivity contribution in [1.29, 1.82) is 0 Å². The molecule has 0 atom stereocenters. The number of nitrogens with zero attached hydrogens (tertiary/aromatic N) is 4. The Morgan fingerprint density at radius 3 is 1.89 bits per heavy atom. The number of fused-ring (bicyclic) bond motifs is 12. The number of para-hydroxylation sites is 1. The topological polar surface area (TPSA) is 43.6 Å². The number of benzene rings is 6. The van der Waals surface area contributed by atoms with Gasteiger partial charge in [0.05, 0.1) is 11.0 Å². The van der Waals surface area contributed by atoms with E-state index in [4.69, 9.17) is 15.0 Å². The molecule has 6 aromatic carbocycles. The highest BCUT2D eigenvalue weighted by Gasteiger charge is 2.40. The first kappa shape index (κ1) is 26.6. The molecule has 0 amide bonds. The van der Waals surface area contributed by atoms with Crippen LogP contribution in [0.5, 0.6) is 0 Å². The molecule has 3 aromatic heterocycles. The normalized spacial score (nSPS) is 13.5. The van der Waals surface area contributed by atoms with Gasteiger partial charge in [0, 0.05) is 47.5 Å². The molecule has 0 spiro atoms. The molecule has 0 bridgehead atoms. The maximum absolute atomic E-state index is 5.25. The Bertz CT molecular complexity index is 2640. The summed E-state index contributed by atoms with van der Waals surface area (Å²) in [5.41, 5.74) is 9.41. The van der Waals surface area contributed by atoms with Gasteiger partial charge in [0.2, 0.25) is 5.95 Å². The fourth-order valence-corrected chi connectivity index (χ4v) is 9.19. The molecule has 9 aromatic rings. The second-order valence-corrected chi connectivity index (χ2v) is 13.9. The van der Waals surface area contributed by atoms with Gasteiger partial charge in [-0.15, -0.1) is 11.3 Å². The minimum absolute atomic E-state index is 0.156. The van der Waals surface area contributed by atoms with Gasteiger partial charge in [-0.05, 0) is 34.4 Å². The lowest BCUT2D eigenvalue weighted by molar-refractivity contribution is 0.667. The van der Waals surface area contributed by atoms with Crippen molar-refractivity contribution >= 4 is 53.3 Å². The molecule has 1 aliphatic rings. The van der Waals surface area contributed by atoms with Crippen molar-refractivity contribution in [2.45, 2.75) is 19.3 Å². The summed E-state index contributed by atoms with van der Waals surface area (Å²) in [6.07, 6.45) is 0. The zero-order chi connectivity index (χ0) is 31.3. The zero-order valence-corrected chi connectivity index (χ0v) is 26.7. The summed E-state index contributed by atoms with van der Waals surface area (Å²) in [5, 5.41) is 4.98.